The zero-order chi connectivity index (χ0) is 20.8. The lowest BCUT2D eigenvalue weighted by Crippen LogP contribution is -2.48. The Labute approximate surface area is 172 Å². The van der Waals surface area contributed by atoms with Crippen molar-refractivity contribution in [3.8, 4) is 0 Å². The van der Waals surface area contributed by atoms with Gasteiger partial charge < -0.3 is 24.2 Å². The van der Waals surface area contributed by atoms with Crippen LogP contribution < -0.4 is 5.32 Å². The molecule has 1 fully saturated rings. The number of morpholine rings is 1. The van der Waals surface area contributed by atoms with Crippen molar-refractivity contribution in [2.45, 2.75) is 46.4 Å². The van der Waals surface area contributed by atoms with Crippen LogP contribution in [0.2, 0.25) is 0 Å². The molecular weight excluding hydrogens is 370 g/mol. The second-order valence-electron chi connectivity index (χ2n) is 7.21. The summed E-state index contributed by atoms with van der Waals surface area (Å²) in [6, 6.07) is 6.49. The molecule has 3 rings (SSSR count). The summed E-state index contributed by atoms with van der Waals surface area (Å²) < 4.78 is 16.9. The number of hydrogen-bond donors (Lipinski definition) is 1. The van der Waals surface area contributed by atoms with Gasteiger partial charge in [-0.3, -0.25) is 4.99 Å². The molecule has 158 valence electrons. The fourth-order valence-electron chi connectivity index (χ4n) is 3.53. The average Bonchev–Trinajstić information content (AvgIpc) is 3.18. The van der Waals surface area contributed by atoms with Crippen molar-refractivity contribution in [1.82, 2.24) is 20.4 Å². The lowest BCUT2D eigenvalue weighted by Gasteiger charge is -2.35. The number of aliphatic imine (C=N–C) groups is 1. The van der Waals surface area contributed by atoms with Gasteiger partial charge in [0.15, 0.2) is 11.8 Å². The molecule has 1 aliphatic rings. The van der Waals surface area contributed by atoms with E-state index in [-0.39, 0.29) is 12.2 Å². The van der Waals surface area contributed by atoms with E-state index in [1.165, 1.54) is 16.7 Å². The SMILES string of the molecule is CCOC(C)c1noc(CNC(=NC)N2CCOC(c3ccc(C)cc3C)C2)n1. The molecule has 1 saturated heterocycles. The second-order valence-corrected chi connectivity index (χ2v) is 7.21. The van der Waals surface area contributed by atoms with Crippen LogP contribution in [-0.2, 0) is 16.0 Å². The van der Waals surface area contributed by atoms with Crippen LogP contribution >= 0.6 is 0 Å². The zero-order valence-corrected chi connectivity index (χ0v) is 17.9. The highest BCUT2D eigenvalue weighted by molar-refractivity contribution is 5.79. The third-order valence-electron chi connectivity index (χ3n) is 5.01. The van der Waals surface area contributed by atoms with E-state index in [1.54, 1.807) is 7.05 Å². The standard InChI is InChI=1S/C21H31N5O3/c1-6-27-16(4)20-24-19(29-25-20)12-23-21(22-5)26-9-10-28-18(13-26)17-8-7-14(2)11-15(17)3/h7-8,11,16,18H,6,9-10,12-13H2,1-5H3,(H,22,23). The van der Waals surface area contributed by atoms with E-state index in [9.17, 15) is 0 Å². The van der Waals surface area contributed by atoms with Crippen LogP contribution in [0, 0.1) is 13.8 Å². The molecule has 1 aromatic heterocycles. The Kier molecular flexibility index (Phi) is 7.22. The molecule has 0 amide bonds. The summed E-state index contributed by atoms with van der Waals surface area (Å²) in [7, 11) is 1.78. The molecule has 1 aliphatic heterocycles. The quantitative estimate of drug-likeness (QED) is 0.588. The van der Waals surface area contributed by atoms with Crippen LogP contribution in [0.1, 0.15) is 54.5 Å². The van der Waals surface area contributed by atoms with E-state index in [1.807, 2.05) is 13.8 Å². The van der Waals surface area contributed by atoms with Gasteiger partial charge >= 0.3 is 0 Å². The first-order valence-corrected chi connectivity index (χ1v) is 10.1. The number of hydrogen-bond acceptors (Lipinski definition) is 6. The Morgan fingerprint density at radius 2 is 2.24 bits per heavy atom. The van der Waals surface area contributed by atoms with Crippen LogP contribution in [-0.4, -0.2) is 54.4 Å². The first kappa shape index (κ1) is 21.3. The van der Waals surface area contributed by atoms with Crippen molar-refractivity contribution in [3.05, 3.63) is 46.6 Å². The number of rotatable bonds is 6. The first-order chi connectivity index (χ1) is 14.0. The van der Waals surface area contributed by atoms with Gasteiger partial charge in [-0.2, -0.15) is 4.98 Å². The van der Waals surface area contributed by atoms with Crippen molar-refractivity contribution in [2.24, 2.45) is 4.99 Å². The molecule has 0 aliphatic carbocycles. The number of guanidine groups is 1. The Morgan fingerprint density at radius 1 is 1.41 bits per heavy atom. The van der Waals surface area contributed by atoms with E-state index in [4.69, 9.17) is 14.0 Å². The van der Waals surface area contributed by atoms with E-state index >= 15 is 0 Å². The Bertz CT molecular complexity index is 835. The lowest BCUT2D eigenvalue weighted by molar-refractivity contribution is -0.00838. The summed E-state index contributed by atoms with van der Waals surface area (Å²) in [5, 5.41) is 7.31. The van der Waals surface area contributed by atoms with Gasteiger partial charge in [0.1, 0.15) is 12.2 Å². The van der Waals surface area contributed by atoms with Gasteiger partial charge in [0.2, 0.25) is 5.89 Å². The zero-order valence-electron chi connectivity index (χ0n) is 17.9. The van der Waals surface area contributed by atoms with Crippen molar-refractivity contribution >= 4 is 5.96 Å². The summed E-state index contributed by atoms with van der Waals surface area (Å²) in [4.78, 5) is 11.0. The largest absolute Gasteiger partial charge is 0.371 e. The molecule has 0 bridgehead atoms. The summed E-state index contributed by atoms with van der Waals surface area (Å²) in [5.74, 6) is 1.85. The fraction of sp³-hybridized carbons (Fsp3) is 0.571. The molecule has 2 atom stereocenters. The van der Waals surface area contributed by atoms with Crippen molar-refractivity contribution in [1.29, 1.82) is 0 Å². The number of benzene rings is 1. The van der Waals surface area contributed by atoms with Gasteiger partial charge in [0.05, 0.1) is 19.7 Å². The summed E-state index contributed by atoms with van der Waals surface area (Å²) >= 11 is 0. The van der Waals surface area contributed by atoms with Crippen molar-refractivity contribution < 1.29 is 14.0 Å². The van der Waals surface area contributed by atoms with Crippen molar-refractivity contribution in [3.63, 3.8) is 0 Å². The van der Waals surface area contributed by atoms with Crippen LogP contribution in [0.5, 0.6) is 0 Å². The van der Waals surface area contributed by atoms with Crippen LogP contribution in [0.4, 0.5) is 0 Å². The minimum absolute atomic E-state index is 0.0185. The summed E-state index contributed by atoms with van der Waals surface area (Å²) in [5.41, 5.74) is 3.73. The molecule has 0 spiro atoms. The van der Waals surface area contributed by atoms with Gasteiger partial charge in [-0.05, 0) is 38.8 Å². The number of nitrogens with one attached hydrogen (secondary N) is 1. The van der Waals surface area contributed by atoms with E-state index in [0.717, 1.165) is 19.0 Å². The molecule has 0 radical (unpaired) electrons. The summed E-state index contributed by atoms with van der Waals surface area (Å²) in [6.07, 6.45) is -0.167. The van der Waals surface area contributed by atoms with E-state index < -0.39 is 0 Å². The first-order valence-electron chi connectivity index (χ1n) is 10.1. The highest BCUT2D eigenvalue weighted by atomic mass is 16.5. The molecule has 29 heavy (non-hydrogen) atoms. The molecule has 8 nitrogen and oxygen atoms in total. The Morgan fingerprint density at radius 3 is 2.97 bits per heavy atom. The van der Waals surface area contributed by atoms with Crippen molar-refractivity contribution in [2.75, 3.05) is 33.4 Å². The van der Waals surface area contributed by atoms with Crippen LogP contribution in [0.3, 0.4) is 0 Å². The van der Waals surface area contributed by atoms with Gasteiger partial charge in [-0.1, -0.05) is 28.9 Å². The maximum Gasteiger partial charge on any atom is 0.246 e. The lowest BCUT2D eigenvalue weighted by atomic mass is 10.00. The predicted octanol–water partition coefficient (Wildman–Crippen LogP) is 2.93. The molecular formula is C21H31N5O3. The topological polar surface area (TPSA) is 85.0 Å². The summed E-state index contributed by atoms with van der Waals surface area (Å²) in [6.45, 7) is 11.3. The highest BCUT2D eigenvalue weighted by Gasteiger charge is 2.25. The highest BCUT2D eigenvalue weighted by Crippen LogP contribution is 2.26. The predicted molar refractivity (Wildman–Crippen MR) is 111 cm³/mol. The molecule has 1 N–H and O–H groups in total. The normalized spacial score (nSPS) is 18.7. The van der Waals surface area contributed by atoms with Gasteiger partial charge in [0.25, 0.3) is 0 Å². The maximum atomic E-state index is 6.05. The second kappa shape index (κ2) is 9.84. The molecule has 2 heterocycles. The minimum atomic E-state index is -0.186. The monoisotopic (exact) mass is 401 g/mol. The fourth-order valence-corrected chi connectivity index (χ4v) is 3.53. The number of aryl methyl sites for hydroxylation is 2. The average molecular weight is 402 g/mol. The van der Waals surface area contributed by atoms with E-state index in [2.05, 4.69) is 57.4 Å². The third kappa shape index (κ3) is 5.33. The number of nitrogens with zero attached hydrogens (tertiary/aromatic N) is 4. The third-order valence-corrected chi connectivity index (χ3v) is 5.01. The minimum Gasteiger partial charge on any atom is -0.371 e. The number of aromatic nitrogens is 2. The Balaban J connectivity index is 1.61. The van der Waals surface area contributed by atoms with Crippen LogP contribution in [0.15, 0.2) is 27.7 Å². The Hall–Kier alpha value is -2.45. The van der Waals surface area contributed by atoms with Gasteiger partial charge in [-0.25, -0.2) is 0 Å². The molecule has 2 unspecified atom stereocenters. The smallest absolute Gasteiger partial charge is 0.246 e. The van der Waals surface area contributed by atoms with E-state index in [0.29, 0.717) is 31.5 Å². The van der Waals surface area contributed by atoms with Crippen LogP contribution in [0.25, 0.3) is 0 Å². The van der Waals surface area contributed by atoms with Gasteiger partial charge in [0, 0.05) is 20.2 Å². The molecule has 2 aromatic rings. The maximum absolute atomic E-state index is 6.05. The van der Waals surface area contributed by atoms with Gasteiger partial charge in [-0.15, -0.1) is 0 Å². The molecule has 8 heteroatoms. The molecule has 1 aromatic carbocycles. The number of ether oxygens (including phenoxy) is 2. The molecule has 0 saturated carbocycles.